The molecule has 2 bridgehead atoms. The first-order valence-corrected chi connectivity index (χ1v) is 6.71. The lowest BCUT2D eigenvalue weighted by molar-refractivity contribution is -0.0623. The fourth-order valence-corrected chi connectivity index (χ4v) is 4.45. The molecule has 0 saturated carbocycles. The van der Waals surface area contributed by atoms with Crippen LogP contribution >= 0.6 is 0 Å². The highest BCUT2D eigenvalue weighted by molar-refractivity contribution is 5.08. The van der Waals surface area contributed by atoms with Gasteiger partial charge in [-0.05, 0) is 65.1 Å². The number of piperidine rings is 3. The van der Waals surface area contributed by atoms with E-state index in [0.717, 1.165) is 12.0 Å². The average Bonchev–Trinajstić information content (AvgIpc) is 2.63. The van der Waals surface area contributed by atoms with Crippen LogP contribution in [0.4, 0.5) is 0 Å². The molecule has 0 radical (unpaired) electrons. The van der Waals surface area contributed by atoms with Gasteiger partial charge in [0, 0.05) is 18.1 Å². The highest BCUT2D eigenvalue weighted by Crippen LogP contribution is 2.46. The second kappa shape index (κ2) is 3.46. The smallest absolute Gasteiger partial charge is 0.0368 e. The van der Waals surface area contributed by atoms with E-state index < -0.39 is 0 Å². The molecule has 1 spiro atoms. The van der Waals surface area contributed by atoms with Crippen LogP contribution in [-0.2, 0) is 0 Å². The zero-order valence-electron chi connectivity index (χ0n) is 10.2. The van der Waals surface area contributed by atoms with Gasteiger partial charge in [-0.25, -0.2) is 0 Å². The molecule has 4 heterocycles. The molecule has 0 N–H and O–H groups in total. The molecule has 4 saturated heterocycles. The predicted molar refractivity (Wildman–Crippen MR) is 63.0 cm³/mol. The van der Waals surface area contributed by atoms with Gasteiger partial charge in [-0.1, -0.05) is 0 Å². The number of rotatable bonds is 1. The van der Waals surface area contributed by atoms with E-state index in [1.54, 1.807) is 0 Å². The van der Waals surface area contributed by atoms with E-state index in [9.17, 15) is 0 Å². The van der Waals surface area contributed by atoms with E-state index in [1.165, 1.54) is 51.9 Å². The normalized spacial score (nSPS) is 45.8. The lowest BCUT2D eigenvalue weighted by Crippen LogP contribution is -2.65. The van der Waals surface area contributed by atoms with Gasteiger partial charge in [0.05, 0.1) is 0 Å². The minimum atomic E-state index is 0.588. The first-order valence-electron chi connectivity index (χ1n) is 6.71. The largest absolute Gasteiger partial charge is 0.301 e. The Morgan fingerprint density at radius 3 is 2.40 bits per heavy atom. The lowest BCUT2D eigenvalue weighted by atomic mass is 9.71. The van der Waals surface area contributed by atoms with Gasteiger partial charge in [0.1, 0.15) is 0 Å². The molecule has 1 unspecified atom stereocenters. The summed E-state index contributed by atoms with van der Waals surface area (Å²) >= 11 is 0. The summed E-state index contributed by atoms with van der Waals surface area (Å²) in [6, 6.07) is 0.744. The SMILES string of the molecule is CC(C)N1CCCC12CN1CCC2CC1. The third-order valence-corrected chi connectivity index (χ3v) is 5.05. The molecular formula is C13H24N2. The van der Waals surface area contributed by atoms with Crippen molar-refractivity contribution in [2.24, 2.45) is 5.92 Å². The molecular weight excluding hydrogens is 184 g/mol. The van der Waals surface area contributed by atoms with Crippen molar-refractivity contribution in [3.05, 3.63) is 0 Å². The molecule has 15 heavy (non-hydrogen) atoms. The molecule has 4 rings (SSSR count). The lowest BCUT2D eigenvalue weighted by Gasteiger charge is -2.56. The Kier molecular flexibility index (Phi) is 2.33. The molecule has 0 aliphatic carbocycles. The van der Waals surface area contributed by atoms with E-state index in [1.807, 2.05) is 0 Å². The van der Waals surface area contributed by atoms with Crippen LogP contribution in [-0.4, -0.2) is 47.6 Å². The van der Waals surface area contributed by atoms with Crippen LogP contribution in [0.2, 0.25) is 0 Å². The molecule has 4 aliphatic rings. The summed E-state index contributed by atoms with van der Waals surface area (Å²) < 4.78 is 0. The highest BCUT2D eigenvalue weighted by Gasteiger charge is 2.52. The maximum Gasteiger partial charge on any atom is 0.0368 e. The van der Waals surface area contributed by atoms with E-state index >= 15 is 0 Å². The summed E-state index contributed by atoms with van der Waals surface area (Å²) in [5.74, 6) is 1.01. The Hall–Kier alpha value is -0.0800. The Bertz CT molecular complexity index is 243. The van der Waals surface area contributed by atoms with Gasteiger partial charge >= 0.3 is 0 Å². The maximum absolute atomic E-state index is 2.82. The molecule has 4 aliphatic heterocycles. The van der Waals surface area contributed by atoms with Crippen molar-refractivity contribution in [3.63, 3.8) is 0 Å². The second-order valence-electron chi connectivity index (χ2n) is 6.04. The summed E-state index contributed by atoms with van der Waals surface area (Å²) in [6.07, 6.45) is 5.82. The molecule has 0 amide bonds. The summed E-state index contributed by atoms with van der Waals surface area (Å²) in [7, 11) is 0. The van der Waals surface area contributed by atoms with E-state index in [4.69, 9.17) is 0 Å². The van der Waals surface area contributed by atoms with Crippen LogP contribution in [0.25, 0.3) is 0 Å². The molecule has 0 aromatic rings. The number of hydrogen-bond acceptors (Lipinski definition) is 2. The van der Waals surface area contributed by atoms with Crippen molar-refractivity contribution in [2.45, 2.75) is 51.1 Å². The Morgan fingerprint density at radius 1 is 1.13 bits per heavy atom. The molecule has 0 aromatic carbocycles. The minimum absolute atomic E-state index is 0.588. The summed E-state index contributed by atoms with van der Waals surface area (Å²) in [4.78, 5) is 5.53. The second-order valence-corrected chi connectivity index (χ2v) is 6.04. The number of likely N-dealkylation sites (tertiary alicyclic amines) is 1. The number of nitrogens with zero attached hydrogens (tertiary/aromatic N) is 2. The van der Waals surface area contributed by atoms with Gasteiger partial charge in [-0.2, -0.15) is 0 Å². The zero-order valence-corrected chi connectivity index (χ0v) is 10.2. The van der Waals surface area contributed by atoms with Crippen LogP contribution < -0.4 is 0 Å². The summed E-state index contributed by atoms with van der Waals surface area (Å²) in [6.45, 7) is 10.2. The fraction of sp³-hybridized carbons (Fsp3) is 1.00. The van der Waals surface area contributed by atoms with Gasteiger partial charge in [-0.3, -0.25) is 4.90 Å². The third kappa shape index (κ3) is 1.38. The first-order chi connectivity index (χ1) is 7.22. The van der Waals surface area contributed by atoms with Gasteiger partial charge < -0.3 is 4.90 Å². The number of hydrogen-bond donors (Lipinski definition) is 0. The first kappa shape index (κ1) is 10.1. The van der Waals surface area contributed by atoms with Crippen molar-refractivity contribution in [1.29, 1.82) is 0 Å². The van der Waals surface area contributed by atoms with E-state index in [2.05, 4.69) is 23.6 Å². The number of fused-ring (bicyclic) bond motifs is 2. The zero-order chi connectivity index (χ0) is 10.5. The highest BCUT2D eigenvalue weighted by atomic mass is 15.3. The maximum atomic E-state index is 2.82. The predicted octanol–water partition coefficient (Wildman–Crippen LogP) is 1.96. The standard InChI is InChI=1S/C13H24N2/c1-11(2)15-7-3-6-13(15)10-14-8-4-12(13)5-9-14/h11-12H,3-10H2,1-2H3. The van der Waals surface area contributed by atoms with Gasteiger partial charge in [-0.15, -0.1) is 0 Å². The van der Waals surface area contributed by atoms with Crippen LogP contribution in [0.15, 0.2) is 0 Å². The van der Waals surface area contributed by atoms with Crippen LogP contribution in [0, 0.1) is 5.92 Å². The van der Waals surface area contributed by atoms with E-state index in [-0.39, 0.29) is 0 Å². The van der Waals surface area contributed by atoms with Gasteiger partial charge in [0.25, 0.3) is 0 Å². The Morgan fingerprint density at radius 2 is 1.87 bits per heavy atom. The summed E-state index contributed by atoms with van der Waals surface area (Å²) in [5.41, 5.74) is 0.588. The Labute approximate surface area is 93.6 Å². The van der Waals surface area contributed by atoms with Crippen molar-refractivity contribution in [3.8, 4) is 0 Å². The van der Waals surface area contributed by atoms with Gasteiger partial charge in [0.2, 0.25) is 0 Å². The molecule has 2 nitrogen and oxygen atoms in total. The van der Waals surface area contributed by atoms with E-state index in [0.29, 0.717) is 5.54 Å². The van der Waals surface area contributed by atoms with Crippen LogP contribution in [0.3, 0.4) is 0 Å². The van der Waals surface area contributed by atoms with Crippen molar-refractivity contribution in [1.82, 2.24) is 9.80 Å². The monoisotopic (exact) mass is 208 g/mol. The van der Waals surface area contributed by atoms with Crippen molar-refractivity contribution < 1.29 is 0 Å². The fourth-order valence-electron chi connectivity index (χ4n) is 4.45. The minimum Gasteiger partial charge on any atom is -0.301 e. The van der Waals surface area contributed by atoms with Crippen molar-refractivity contribution >= 4 is 0 Å². The van der Waals surface area contributed by atoms with Crippen LogP contribution in [0.5, 0.6) is 0 Å². The molecule has 1 atom stereocenters. The molecule has 2 heteroatoms. The van der Waals surface area contributed by atoms with Gasteiger partial charge in [0.15, 0.2) is 0 Å². The third-order valence-electron chi connectivity index (χ3n) is 5.05. The Balaban J connectivity index is 1.88. The summed E-state index contributed by atoms with van der Waals surface area (Å²) in [5, 5.41) is 0. The molecule has 0 aromatic heterocycles. The quantitative estimate of drug-likeness (QED) is 0.650. The van der Waals surface area contributed by atoms with Crippen molar-refractivity contribution in [2.75, 3.05) is 26.2 Å². The average molecular weight is 208 g/mol. The topological polar surface area (TPSA) is 6.48 Å². The van der Waals surface area contributed by atoms with Crippen LogP contribution in [0.1, 0.15) is 39.5 Å². The molecule has 4 fully saturated rings. The molecule has 86 valence electrons.